The molecule has 4 heteroatoms. The molecule has 2 aromatic rings. The topological polar surface area (TPSA) is 33.6 Å². The highest BCUT2D eigenvalue weighted by atomic mass is 19.1. The van der Waals surface area contributed by atoms with E-state index in [1.54, 1.807) is 18.3 Å². The second-order valence-electron chi connectivity index (χ2n) is 4.26. The number of para-hydroxylation sites is 1. The Morgan fingerprint density at radius 1 is 1.15 bits per heavy atom. The molecular formula is C16H17FN2O. The van der Waals surface area contributed by atoms with Crippen molar-refractivity contribution in [3.63, 3.8) is 0 Å². The lowest BCUT2D eigenvalue weighted by Gasteiger charge is -2.07. The van der Waals surface area contributed by atoms with Crippen LogP contribution >= 0.6 is 0 Å². The summed E-state index contributed by atoms with van der Waals surface area (Å²) in [6.07, 6.45) is 2.65. The van der Waals surface area contributed by atoms with Gasteiger partial charge in [-0.3, -0.25) is 5.43 Å². The maximum absolute atomic E-state index is 12.8. The van der Waals surface area contributed by atoms with Crippen molar-refractivity contribution in [1.29, 1.82) is 0 Å². The van der Waals surface area contributed by atoms with Gasteiger partial charge in [0.15, 0.2) is 0 Å². The maximum Gasteiger partial charge on any atom is 0.128 e. The number of ether oxygens (including phenoxy) is 1. The summed E-state index contributed by atoms with van der Waals surface area (Å²) in [5.74, 6) is 0.539. The molecular weight excluding hydrogens is 255 g/mol. The quantitative estimate of drug-likeness (QED) is 0.635. The van der Waals surface area contributed by atoms with Gasteiger partial charge in [-0.25, -0.2) is 4.39 Å². The van der Waals surface area contributed by atoms with Gasteiger partial charge in [0.05, 0.1) is 18.5 Å². The molecule has 0 bridgehead atoms. The van der Waals surface area contributed by atoms with Crippen LogP contribution in [0.3, 0.4) is 0 Å². The van der Waals surface area contributed by atoms with E-state index in [-0.39, 0.29) is 5.82 Å². The third kappa shape index (κ3) is 4.09. The fourth-order valence-electron chi connectivity index (χ4n) is 1.63. The number of hydrogen-bond donors (Lipinski definition) is 1. The maximum atomic E-state index is 12.8. The molecule has 0 fully saturated rings. The van der Waals surface area contributed by atoms with Crippen LogP contribution in [0.4, 0.5) is 10.1 Å². The third-order valence-corrected chi connectivity index (χ3v) is 2.62. The molecule has 0 aliphatic rings. The molecule has 0 radical (unpaired) electrons. The zero-order chi connectivity index (χ0) is 14.2. The predicted molar refractivity (Wildman–Crippen MR) is 79.8 cm³/mol. The van der Waals surface area contributed by atoms with Crippen LogP contribution in [0.5, 0.6) is 5.75 Å². The second kappa shape index (κ2) is 7.28. The van der Waals surface area contributed by atoms with Crippen LogP contribution in [0.1, 0.15) is 18.9 Å². The number of nitrogens with one attached hydrogen (secondary N) is 1. The van der Waals surface area contributed by atoms with E-state index in [9.17, 15) is 4.39 Å². The molecule has 2 rings (SSSR count). The molecule has 0 heterocycles. The summed E-state index contributed by atoms with van der Waals surface area (Å²) >= 11 is 0. The van der Waals surface area contributed by atoms with Crippen molar-refractivity contribution in [3.8, 4) is 5.75 Å². The highest BCUT2D eigenvalue weighted by Gasteiger charge is 1.99. The van der Waals surface area contributed by atoms with Gasteiger partial charge in [-0.05, 0) is 42.8 Å². The van der Waals surface area contributed by atoms with Gasteiger partial charge in [0.2, 0.25) is 0 Å². The van der Waals surface area contributed by atoms with E-state index in [1.807, 2.05) is 24.3 Å². The van der Waals surface area contributed by atoms with Crippen LogP contribution in [-0.4, -0.2) is 12.8 Å². The molecule has 0 aromatic heterocycles. The average Bonchev–Trinajstić information content (AvgIpc) is 2.48. The summed E-state index contributed by atoms with van der Waals surface area (Å²) in [6, 6.07) is 13.7. The van der Waals surface area contributed by atoms with Crippen LogP contribution in [-0.2, 0) is 0 Å². The molecule has 104 valence electrons. The highest BCUT2D eigenvalue weighted by Crippen LogP contribution is 2.16. The lowest BCUT2D eigenvalue weighted by atomic mass is 10.2. The molecule has 0 unspecified atom stereocenters. The van der Waals surface area contributed by atoms with Gasteiger partial charge in [-0.15, -0.1) is 0 Å². The summed E-state index contributed by atoms with van der Waals surface area (Å²) in [7, 11) is 0. The second-order valence-corrected chi connectivity index (χ2v) is 4.26. The highest BCUT2D eigenvalue weighted by molar-refractivity contribution is 5.83. The molecule has 1 N–H and O–H groups in total. The molecule has 20 heavy (non-hydrogen) atoms. The zero-order valence-corrected chi connectivity index (χ0v) is 11.3. The average molecular weight is 272 g/mol. The normalized spacial score (nSPS) is 10.7. The van der Waals surface area contributed by atoms with Crippen LogP contribution < -0.4 is 10.2 Å². The van der Waals surface area contributed by atoms with E-state index in [2.05, 4.69) is 17.5 Å². The molecule has 2 aromatic carbocycles. The Bertz CT molecular complexity index is 567. The van der Waals surface area contributed by atoms with Crippen LogP contribution in [0, 0.1) is 5.82 Å². The first-order chi connectivity index (χ1) is 9.79. The minimum Gasteiger partial charge on any atom is -0.493 e. The third-order valence-electron chi connectivity index (χ3n) is 2.62. The van der Waals surface area contributed by atoms with Crippen molar-refractivity contribution >= 4 is 11.9 Å². The van der Waals surface area contributed by atoms with Crippen molar-refractivity contribution in [2.45, 2.75) is 13.3 Å². The number of nitrogens with zero attached hydrogens (tertiary/aromatic N) is 1. The van der Waals surface area contributed by atoms with Crippen LogP contribution in [0.2, 0.25) is 0 Å². The van der Waals surface area contributed by atoms with E-state index in [0.717, 1.165) is 23.4 Å². The Kier molecular flexibility index (Phi) is 5.12. The Labute approximate surface area is 118 Å². The summed E-state index contributed by atoms with van der Waals surface area (Å²) in [4.78, 5) is 0. The molecule has 0 spiro atoms. The molecule has 0 aliphatic carbocycles. The fourth-order valence-corrected chi connectivity index (χ4v) is 1.63. The number of benzene rings is 2. The van der Waals surface area contributed by atoms with Crippen molar-refractivity contribution in [2.75, 3.05) is 12.0 Å². The van der Waals surface area contributed by atoms with Crippen LogP contribution in [0.15, 0.2) is 53.6 Å². The molecule has 3 nitrogen and oxygen atoms in total. The Balaban J connectivity index is 2.01. The minimum absolute atomic E-state index is 0.266. The van der Waals surface area contributed by atoms with Gasteiger partial charge < -0.3 is 4.74 Å². The Morgan fingerprint density at radius 3 is 2.65 bits per heavy atom. The first-order valence-corrected chi connectivity index (χ1v) is 6.56. The van der Waals surface area contributed by atoms with E-state index >= 15 is 0 Å². The standard InChI is InChI=1S/C16H17FN2O/c1-2-11-20-16-6-4-3-5-13(16)12-18-19-15-9-7-14(17)8-10-15/h3-10,12,19H,2,11H2,1H3/b18-12+. The van der Waals surface area contributed by atoms with Crippen LogP contribution in [0.25, 0.3) is 0 Å². The minimum atomic E-state index is -0.266. The molecule has 0 amide bonds. The first kappa shape index (κ1) is 14.1. The van der Waals surface area contributed by atoms with Gasteiger partial charge in [0.1, 0.15) is 11.6 Å². The van der Waals surface area contributed by atoms with Crippen molar-refractivity contribution < 1.29 is 9.13 Å². The monoisotopic (exact) mass is 272 g/mol. The summed E-state index contributed by atoms with van der Waals surface area (Å²) in [5.41, 5.74) is 4.48. The van der Waals surface area contributed by atoms with Gasteiger partial charge in [0.25, 0.3) is 0 Å². The van der Waals surface area contributed by atoms with Gasteiger partial charge >= 0.3 is 0 Å². The molecule has 0 saturated heterocycles. The van der Waals surface area contributed by atoms with Crippen molar-refractivity contribution in [2.24, 2.45) is 5.10 Å². The zero-order valence-electron chi connectivity index (χ0n) is 11.3. The largest absolute Gasteiger partial charge is 0.493 e. The Hall–Kier alpha value is -2.36. The summed E-state index contributed by atoms with van der Waals surface area (Å²) in [5, 5.41) is 4.13. The number of halogens is 1. The van der Waals surface area contributed by atoms with Crippen molar-refractivity contribution in [1.82, 2.24) is 0 Å². The predicted octanol–water partition coefficient (Wildman–Crippen LogP) is 4.06. The number of anilines is 1. The van der Waals surface area contributed by atoms with Gasteiger partial charge in [0, 0.05) is 5.56 Å². The fraction of sp³-hybridized carbons (Fsp3) is 0.188. The van der Waals surface area contributed by atoms with Gasteiger partial charge in [-0.1, -0.05) is 19.1 Å². The van der Waals surface area contributed by atoms with Crippen molar-refractivity contribution in [3.05, 3.63) is 59.9 Å². The lowest BCUT2D eigenvalue weighted by molar-refractivity contribution is 0.317. The molecule has 0 aliphatic heterocycles. The van der Waals surface area contributed by atoms with E-state index in [1.165, 1.54) is 12.1 Å². The number of hydrogen-bond acceptors (Lipinski definition) is 3. The van der Waals surface area contributed by atoms with E-state index in [4.69, 9.17) is 4.74 Å². The number of hydrazone groups is 1. The first-order valence-electron chi connectivity index (χ1n) is 6.56. The summed E-state index contributed by atoms with van der Waals surface area (Å²) < 4.78 is 18.4. The lowest BCUT2D eigenvalue weighted by Crippen LogP contribution is -1.99. The summed E-state index contributed by atoms with van der Waals surface area (Å²) in [6.45, 7) is 2.74. The molecule has 0 saturated carbocycles. The van der Waals surface area contributed by atoms with E-state index in [0.29, 0.717) is 6.61 Å². The molecule has 0 atom stereocenters. The van der Waals surface area contributed by atoms with E-state index < -0.39 is 0 Å². The Morgan fingerprint density at radius 2 is 1.90 bits per heavy atom. The van der Waals surface area contributed by atoms with Gasteiger partial charge in [-0.2, -0.15) is 5.10 Å². The SMILES string of the molecule is CCCOc1ccccc1/C=N/Nc1ccc(F)cc1. The number of rotatable bonds is 6. The smallest absolute Gasteiger partial charge is 0.128 e.